The molecule has 0 aliphatic carbocycles. The molecule has 0 spiro atoms. The SMILES string of the molecule is C/C1=C2N=C(/C=C3\N/C(=C(/C)C4=N[C@@](C)(C5N=C1[C@](C)(CCC(=O)O)[C@H]5CC(=O)O)[C@@](C)(CC(=O)O)[C@@H]4CCC(=O)O)[C@@](C)(CC(=O)O)[C@@H]3CCC(=O)O)C(C)(C)[C@@H]/2CCC(=O)O. The van der Waals surface area contributed by atoms with Gasteiger partial charge in [-0.2, -0.15) is 0 Å². The molecule has 1 saturated heterocycles. The van der Waals surface area contributed by atoms with Crippen LogP contribution in [0, 0.1) is 45.3 Å². The van der Waals surface area contributed by atoms with Crippen LogP contribution in [0.15, 0.2) is 49.3 Å². The Hall–Kier alpha value is -5.68. The second kappa shape index (κ2) is 17.1. The first-order chi connectivity index (χ1) is 29.0. The molecule has 0 amide bonds. The van der Waals surface area contributed by atoms with Gasteiger partial charge in [0, 0.05) is 105 Å². The van der Waals surface area contributed by atoms with Gasteiger partial charge in [0.25, 0.3) is 0 Å². The van der Waals surface area contributed by atoms with Crippen LogP contribution in [-0.4, -0.2) is 106 Å². The summed E-state index contributed by atoms with van der Waals surface area (Å²) in [7, 11) is 0. The highest BCUT2D eigenvalue weighted by molar-refractivity contribution is 6.10. The van der Waals surface area contributed by atoms with E-state index in [0.717, 1.165) is 0 Å². The third kappa shape index (κ3) is 8.56. The fourth-order valence-corrected chi connectivity index (χ4v) is 11.8. The molecule has 63 heavy (non-hydrogen) atoms. The minimum atomic E-state index is -1.63. The summed E-state index contributed by atoms with van der Waals surface area (Å²) >= 11 is 0. The molecular formula is C45H60N4O14. The van der Waals surface area contributed by atoms with Gasteiger partial charge >= 0.3 is 41.8 Å². The molecule has 5 heterocycles. The maximum absolute atomic E-state index is 13.1. The average molecular weight is 881 g/mol. The molecule has 0 radical (unpaired) electrons. The van der Waals surface area contributed by atoms with Crippen LogP contribution in [0.2, 0.25) is 0 Å². The van der Waals surface area contributed by atoms with Gasteiger partial charge in [-0.25, -0.2) is 0 Å². The Morgan fingerprint density at radius 1 is 0.635 bits per heavy atom. The number of fused-ring (bicyclic) bond motifs is 6. The van der Waals surface area contributed by atoms with Crippen LogP contribution in [0.4, 0.5) is 0 Å². The van der Waals surface area contributed by atoms with E-state index in [1.807, 2.05) is 13.8 Å². The van der Waals surface area contributed by atoms with Crippen molar-refractivity contribution in [1.29, 1.82) is 0 Å². The molecule has 18 nitrogen and oxygen atoms in total. The Morgan fingerprint density at radius 2 is 1.16 bits per heavy atom. The van der Waals surface area contributed by atoms with E-state index in [0.29, 0.717) is 39.7 Å². The van der Waals surface area contributed by atoms with Crippen LogP contribution in [-0.2, 0) is 33.6 Å². The monoisotopic (exact) mass is 880 g/mol. The van der Waals surface area contributed by atoms with E-state index in [2.05, 4.69) is 5.32 Å². The first kappa shape index (κ1) is 48.4. The van der Waals surface area contributed by atoms with E-state index in [9.17, 15) is 69.3 Å². The lowest BCUT2D eigenvalue weighted by atomic mass is 9.55. The molecule has 1 unspecified atom stereocenters. The molecule has 5 aliphatic heterocycles. The van der Waals surface area contributed by atoms with Crippen LogP contribution < -0.4 is 5.32 Å². The Balaban J connectivity index is 2.03. The van der Waals surface area contributed by atoms with E-state index < -0.39 is 131 Å². The summed E-state index contributed by atoms with van der Waals surface area (Å²) in [6, 6.07) is -1.15. The Bertz CT molecular complexity index is 2220. The van der Waals surface area contributed by atoms with Crippen LogP contribution in [0.25, 0.3) is 0 Å². The highest BCUT2D eigenvalue weighted by atomic mass is 16.4. The number of nitrogens with one attached hydrogen (secondary N) is 1. The Labute approximate surface area is 365 Å². The minimum Gasteiger partial charge on any atom is -0.481 e. The maximum atomic E-state index is 13.1. The van der Waals surface area contributed by atoms with Crippen molar-refractivity contribution in [2.75, 3.05) is 0 Å². The summed E-state index contributed by atoms with van der Waals surface area (Å²) in [4.78, 5) is 104. The van der Waals surface area contributed by atoms with Crippen molar-refractivity contribution in [3.05, 3.63) is 34.3 Å². The number of carboxylic acid groups (broad SMARTS) is 7. The molecule has 5 aliphatic rings. The lowest BCUT2D eigenvalue weighted by Crippen LogP contribution is -2.55. The van der Waals surface area contributed by atoms with Crippen molar-refractivity contribution in [3.8, 4) is 0 Å². The molecule has 18 heteroatoms. The van der Waals surface area contributed by atoms with Crippen molar-refractivity contribution in [3.63, 3.8) is 0 Å². The fraction of sp³-hybridized carbons (Fsp3) is 0.644. The zero-order chi connectivity index (χ0) is 47.4. The smallest absolute Gasteiger partial charge is 0.304 e. The average Bonchev–Trinajstić information content (AvgIpc) is 3.75. The number of hydrogen-bond donors (Lipinski definition) is 8. The van der Waals surface area contributed by atoms with Crippen molar-refractivity contribution in [2.45, 2.75) is 138 Å². The van der Waals surface area contributed by atoms with Gasteiger partial charge in [-0.15, -0.1) is 0 Å². The van der Waals surface area contributed by atoms with Gasteiger partial charge in [0.05, 0.1) is 30.8 Å². The lowest BCUT2D eigenvalue weighted by Gasteiger charge is -2.48. The summed E-state index contributed by atoms with van der Waals surface area (Å²) in [5, 5.41) is 75.1. The summed E-state index contributed by atoms with van der Waals surface area (Å²) < 4.78 is 0. The van der Waals surface area contributed by atoms with Gasteiger partial charge < -0.3 is 41.1 Å². The van der Waals surface area contributed by atoms with E-state index in [-0.39, 0.29) is 44.2 Å². The number of aliphatic imine (C=N–C) groups is 3. The topological polar surface area (TPSA) is 310 Å². The highest BCUT2D eigenvalue weighted by Crippen LogP contribution is 2.62. The standard InChI is InChI=1S/C45H60N4O14/c1-21-36-24(10-13-30(52)53)41(3,4)28(47-36)18-27-23(9-12-29(50)51)43(6,19-34(60)61)39(46-27)22(2)37-25(11-14-31(54)55)44(7,20-35(62)63)45(8,49-37)40-26(17-33(58)59)42(5,38(21)48-40)16-15-32(56)57/h18,23-26,40,46H,9-17,19-20H2,1-8H3,(H,50,51)(H,52,53)(H,54,55)(H,56,57)(H,58,59)(H,60,61)(H,62,63)/b27-18-,36-21-,39-22-/t23-,24-,25-,26+,40?,42-,43+,44+,45+/m1/s1. The lowest BCUT2D eigenvalue weighted by molar-refractivity contribution is -0.143. The number of allylic oxidation sites excluding steroid dienone is 6. The van der Waals surface area contributed by atoms with E-state index in [4.69, 9.17) is 15.0 Å². The molecule has 0 saturated carbocycles. The predicted octanol–water partition coefficient (Wildman–Crippen LogP) is 5.92. The zero-order valence-electron chi connectivity index (χ0n) is 37.1. The minimum absolute atomic E-state index is 0.0202. The van der Waals surface area contributed by atoms with Crippen LogP contribution in [0.3, 0.4) is 0 Å². The van der Waals surface area contributed by atoms with Crippen molar-refractivity contribution < 1.29 is 69.3 Å². The highest BCUT2D eigenvalue weighted by Gasteiger charge is 2.66. The number of carboxylic acids is 7. The Morgan fingerprint density at radius 3 is 1.67 bits per heavy atom. The third-order valence-corrected chi connectivity index (χ3v) is 15.3. The molecule has 8 N–H and O–H groups in total. The van der Waals surface area contributed by atoms with Crippen LogP contribution in [0.5, 0.6) is 0 Å². The van der Waals surface area contributed by atoms with Gasteiger partial charge in [0.2, 0.25) is 0 Å². The van der Waals surface area contributed by atoms with Crippen LogP contribution >= 0.6 is 0 Å². The molecule has 5 rings (SSSR count). The number of carbonyl (C=O) groups is 7. The summed E-state index contributed by atoms with van der Waals surface area (Å²) in [5.41, 5.74) is -3.60. The number of aliphatic carboxylic acids is 7. The first-order valence-corrected chi connectivity index (χ1v) is 21.3. The molecule has 344 valence electrons. The van der Waals surface area contributed by atoms with Gasteiger partial charge in [-0.3, -0.25) is 48.5 Å². The normalized spacial score (nSPS) is 36.2. The first-order valence-electron chi connectivity index (χ1n) is 21.3. The summed E-state index contributed by atoms with van der Waals surface area (Å²) in [6.45, 7) is 13.9. The van der Waals surface area contributed by atoms with Gasteiger partial charge in [-0.05, 0) is 63.7 Å². The molecule has 8 bridgehead atoms. The largest absolute Gasteiger partial charge is 0.481 e. The number of hydrogen-bond acceptors (Lipinski definition) is 11. The van der Waals surface area contributed by atoms with Crippen LogP contribution in [0.1, 0.15) is 126 Å². The predicted molar refractivity (Wildman–Crippen MR) is 227 cm³/mol. The summed E-state index contributed by atoms with van der Waals surface area (Å²) in [5.74, 6) is -11.5. The molecule has 0 aromatic rings. The second-order valence-electron chi connectivity index (χ2n) is 19.5. The molecule has 0 aromatic carbocycles. The van der Waals surface area contributed by atoms with Crippen molar-refractivity contribution in [1.82, 2.24) is 5.32 Å². The fourth-order valence-electron chi connectivity index (χ4n) is 11.8. The molecule has 0 aromatic heterocycles. The third-order valence-electron chi connectivity index (χ3n) is 15.3. The zero-order valence-corrected chi connectivity index (χ0v) is 37.1. The van der Waals surface area contributed by atoms with Crippen molar-refractivity contribution >= 4 is 58.9 Å². The Kier molecular flexibility index (Phi) is 13.1. The quantitative estimate of drug-likeness (QED) is 0.0792. The van der Waals surface area contributed by atoms with Gasteiger partial charge in [-0.1, -0.05) is 34.6 Å². The van der Waals surface area contributed by atoms with E-state index in [1.54, 1.807) is 47.6 Å². The molecule has 1 fully saturated rings. The van der Waals surface area contributed by atoms with E-state index in [1.165, 1.54) is 0 Å². The van der Waals surface area contributed by atoms with Gasteiger partial charge in [0.1, 0.15) is 0 Å². The number of rotatable bonds is 18. The maximum Gasteiger partial charge on any atom is 0.304 e. The van der Waals surface area contributed by atoms with E-state index >= 15 is 0 Å². The van der Waals surface area contributed by atoms with Crippen molar-refractivity contribution in [2.24, 2.45) is 60.3 Å². The second-order valence-corrected chi connectivity index (χ2v) is 19.5. The molecule has 9 atom stereocenters. The molecular weight excluding hydrogens is 821 g/mol. The summed E-state index contributed by atoms with van der Waals surface area (Å²) in [6.07, 6.45) is -1.45. The number of nitrogens with zero attached hydrogens (tertiary/aromatic N) is 3. The van der Waals surface area contributed by atoms with Gasteiger partial charge in [0.15, 0.2) is 0 Å².